The molecule has 0 spiro atoms. The van der Waals surface area contributed by atoms with Gasteiger partial charge in [-0.3, -0.25) is 4.79 Å². The van der Waals surface area contributed by atoms with Crippen LogP contribution in [0.3, 0.4) is 0 Å². The van der Waals surface area contributed by atoms with Crippen LogP contribution in [0.1, 0.15) is 31.2 Å². The minimum absolute atomic E-state index is 0.137. The Bertz CT molecular complexity index is 503. The van der Waals surface area contributed by atoms with Gasteiger partial charge in [-0.25, -0.2) is 0 Å². The molecule has 2 rings (SSSR count). The van der Waals surface area contributed by atoms with Gasteiger partial charge in [-0.05, 0) is 31.1 Å². The van der Waals surface area contributed by atoms with Gasteiger partial charge in [-0.1, -0.05) is 43.2 Å². The van der Waals surface area contributed by atoms with Crippen molar-refractivity contribution >= 4 is 17.7 Å². The monoisotopic (exact) mass is 302 g/mol. The average molecular weight is 302 g/mol. The van der Waals surface area contributed by atoms with Crippen molar-refractivity contribution < 1.29 is 4.79 Å². The van der Waals surface area contributed by atoms with E-state index < -0.39 is 5.92 Å². The molecule has 1 aromatic rings. The molecule has 1 saturated carbocycles. The topological polar surface area (TPSA) is 52.9 Å². The highest BCUT2D eigenvalue weighted by Crippen LogP contribution is 2.39. The minimum atomic E-state index is -0.604. The molecule has 21 heavy (non-hydrogen) atoms. The van der Waals surface area contributed by atoms with E-state index in [1.807, 2.05) is 42.1 Å². The Morgan fingerprint density at radius 1 is 1.38 bits per heavy atom. The molecule has 1 aromatic carbocycles. The highest BCUT2D eigenvalue weighted by Gasteiger charge is 2.33. The van der Waals surface area contributed by atoms with Crippen molar-refractivity contribution in [2.75, 3.05) is 12.8 Å². The lowest BCUT2D eigenvalue weighted by Gasteiger charge is -2.27. The molecule has 4 heteroatoms. The molecule has 0 aliphatic heterocycles. The van der Waals surface area contributed by atoms with E-state index in [4.69, 9.17) is 0 Å². The molecule has 0 bridgehead atoms. The Morgan fingerprint density at radius 2 is 2.05 bits per heavy atom. The van der Waals surface area contributed by atoms with E-state index in [0.717, 1.165) is 18.4 Å². The Hall–Kier alpha value is -1.47. The molecule has 112 valence electrons. The Morgan fingerprint density at radius 3 is 2.62 bits per heavy atom. The summed E-state index contributed by atoms with van der Waals surface area (Å²) in [5.41, 5.74) is 1.03. The second kappa shape index (κ2) is 7.51. The molecule has 1 N–H and O–H groups in total. The van der Waals surface area contributed by atoms with Gasteiger partial charge in [0.1, 0.15) is 5.92 Å². The molecule has 0 aromatic heterocycles. The largest absolute Gasteiger partial charge is 0.354 e. The number of thioether (sulfide) groups is 1. The fraction of sp³-hybridized carbons (Fsp3) is 0.529. The fourth-order valence-corrected chi connectivity index (χ4v) is 3.80. The number of nitrogens with zero attached hydrogens (tertiary/aromatic N) is 1. The van der Waals surface area contributed by atoms with Crippen LogP contribution in [-0.4, -0.2) is 23.5 Å². The highest BCUT2D eigenvalue weighted by atomic mass is 32.2. The van der Waals surface area contributed by atoms with Gasteiger partial charge in [-0.15, -0.1) is 0 Å². The summed E-state index contributed by atoms with van der Waals surface area (Å²) in [4.78, 5) is 12.3. The SMILES string of the molecule is CSC1(CNC(=O)C(C#N)Cc2ccccc2)CCCC1. The lowest BCUT2D eigenvalue weighted by molar-refractivity contribution is -0.123. The third-order valence-corrected chi connectivity index (χ3v) is 5.71. The predicted octanol–water partition coefficient (Wildman–Crippen LogP) is 3.16. The molecule has 1 amide bonds. The zero-order valence-corrected chi connectivity index (χ0v) is 13.3. The van der Waals surface area contributed by atoms with Crippen molar-refractivity contribution in [1.29, 1.82) is 5.26 Å². The number of benzene rings is 1. The average Bonchev–Trinajstić information content (AvgIpc) is 3.01. The number of rotatable bonds is 6. The summed E-state index contributed by atoms with van der Waals surface area (Å²) >= 11 is 1.85. The molecule has 0 heterocycles. The van der Waals surface area contributed by atoms with Crippen LogP contribution in [0.4, 0.5) is 0 Å². The van der Waals surface area contributed by atoms with Crippen molar-refractivity contribution in [3.8, 4) is 6.07 Å². The van der Waals surface area contributed by atoms with Crippen LogP contribution in [0.15, 0.2) is 30.3 Å². The maximum absolute atomic E-state index is 12.3. The standard InChI is InChI=1S/C17H22N2OS/c1-21-17(9-5-6-10-17)13-19-16(20)15(12-18)11-14-7-3-2-4-8-14/h2-4,7-8,15H,5-6,9-11,13H2,1H3,(H,19,20). The lowest BCUT2D eigenvalue weighted by Crippen LogP contribution is -2.41. The maximum Gasteiger partial charge on any atom is 0.237 e. The first-order chi connectivity index (χ1) is 10.2. The van der Waals surface area contributed by atoms with Crippen LogP contribution < -0.4 is 5.32 Å². The Kier molecular flexibility index (Phi) is 5.69. The number of amides is 1. The van der Waals surface area contributed by atoms with Crippen molar-refractivity contribution in [2.45, 2.75) is 36.9 Å². The van der Waals surface area contributed by atoms with Crippen LogP contribution in [0, 0.1) is 17.2 Å². The Balaban J connectivity index is 1.90. The van der Waals surface area contributed by atoms with E-state index in [-0.39, 0.29) is 10.7 Å². The summed E-state index contributed by atoms with van der Waals surface area (Å²) in [5.74, 6) is -0.741. The van der Waals surface area contributed by atoms with E-state index in [2.05, 4.69) is 17.6 Å². The summed E-state index contributed by atoms with van der Waals surface area (Å²) in [6.07, 6.45) is 7.39. The molecule has 1 aliphatic carbocycles. The lowest BCUT2D eigenvalue weighted by atomic mass is 9.99. The number of nitrogens with one attached hydrogen (secondary N) is 1. The van der Waals surface area contributed by atoms with E-state index in [0.29, 0.717) is 13.0 Å². The quantitative estimate of drug-likeness (QED) is 0.878. The zero-order chi connectivity index (χ0) is 15.1. The van der Waals surface area contributed by atoms with Gasteiger partial charge in [0, 0.05) is 11.3 Å². The molecular weight excluding hydrogens is 280 g/mol. The molecule has 0 saturated heterocycles. The third-order valence-electron chi connectivity index (χ3n) is 4.29. The molecule has 3 nitrogen and oxygen atoms in total. The predicted molar refractivity (Wildman–Crippen MR) is 87.0 cm³/mol. The van der Waals surface area contributed by atoms with E-state index >= 15 is 0 Å². The van der Waals surface area contributed by atoms with E-state index in [1.54, 1.807) is 0 Å². The molecule has 0 radical (unpaired) electrons. The first-order valence-corrected chi connectivity index (χ1v) is 8.68. The van der Waals surface area contributed by atoms with Crippen molar-refractivity contribution in [3.63, 3.8) is 0 Å². The smallest absolute Gasteiger partial charge is 0.237 e. The fourth-order valence-electron chi connectivity index (χ4n) is 2.89. The summed E-state index contributed by atoms with van der Waals surface area (Å²) < 4.78 is 0.183. The first-order valence-electron chi connectivity index (χ1n) is 7.45. The van der Waals surface area contributed by atoms with Crippen molar-refractivity contribution in [1.82, 2.24) is 5.32 Å². The molecule has 1 fully saturated rings. The van der Waals surface area contributed by atoms with Crippen LogP contribution in [0.2, 0.25) is 0 Å². The van der Waals surface area contributed by atoms with Crippen molar-refractivity contribution in [2.24, 2.45) is 5.92 Å². The van der Waals surface area contributed by atoms with E-state index in [9.17, 15) is 10.1 Å². The highest BCUT2D eigenvalue weighted by molar-refractivity contribution is 8.00. The molecular formula is C17H22N2OS. The molecule has 1 aliphatic rings. The van der Waals surface area contributed by atoms with Gasteiger partial charge in [0.25, 0.3) is 0 Å². The summed E-state index contributed by atoms with van der Waals surface area (Å²) in [6.45, 7) is 0.681. The zero-order valence-electron chi connectivity index (χ0n) is 12.5. The molecule has 1 unspecified atom stereocenters. The summed E-state index contributed by atoms with van der Waals surface area (Å²) in [6, 6.07) is 11.9. The number of carbonyl (C=O) groups is 1. The normalized spacial score (nSPS) is 17.9. The van der Waals surface area contributed by atoms with Crippen LogP contribution in [0.5, 0.6) is 0 Å². The van der Waals surface area contributed by atoms with Crippen LogP contribution in [0.25, 0.3) is 0 Å². The number of hydrogen-bond donors (Lipinski definition) is 1. The number of carbonyl (C=O) groups excluding carboxylic acids is 1. The molecule has 1 atom stereocenters. The van der Waals surface area contributed by atoms with Crippen LogP contribution in [-0.2, 0) is 11.2 Å². The van der Waals surface area contributed by atoms with Gasteiger partial charge in [-0.2, -0.15) is 17.0 Å². The van der Waals surface area contributed by atoms with Crippen molar-refractivity contribution in [3.05, 3.63) is 35.9 Å². The van der Waals surface area contributed by atoms with Gasteiger partial charge in [0.15, 0.2) is 0 Å². The minimum Gasteiger partial charge on any atom is -0.354 e. The van der Waals surface area contributed by atoms with Gasteiger partial charge in [0.2, 0.25) is 5.91 Å². The van der Waals surface area contributed by atoms with Gasteiger partial charge < -0.3 is 5.32 Å². The Labute approximate surface area is 131 Å². The van der Waals surface area contributed by atoms with Gasteiger partial charge in [0.05, 0.1) is 6.07 Å². The first kappa shape index (κ1) is 15.9. The number of nitriles is 1. The third kappa shape index (κ3) is 4.25. The summed E-state index contributed by atoms with van der Waals surface area (Å²) in [5, 5.41) is 12.3. The number of hydrogen-bond acceptors (Lipinski definition) is 3. The summed E-state index contributed by atoms with van der Waals surface area (Å²) in [7, 11) is 0. The van der Waals surface area contributed by atoms with Crippen LogP contribution >= 0.6 is 11.8 Å². The maximum atomic E-state index is 12.3. The van der Waals surface area contributed by atoms with E-state index in [1.165, 1.54) is 12.8 Å². The van der Waals surface area contributed by atoms with Gasteiger partial charge >= 0.3 is 0 Å². The second-order valence-corrected chi connectivity index (χ2v) is 6.96. The second-order valence-electron chi connectivity index (χ2n) is 5.68.